The molecule has 0 bridgehead atoms. The lowest BCUT2D eigenvalue weighted by atomic mass is 9.98. The molecule has 1 aliphatic rings. The average molecular weight is 126 g/mol. The van der Waals surface area contributed by atoms with Crippen LogP contribution in [0.4, 0.5) is 0 Å². The fraction of sp³-hybridized carbons (Fsp3) is 0.857. The largest absolute Gasteiger partial charge is 0.310 e. The summed E-state index contributed by atoms with van der Waals surface area (Å²) in [6.07, 6.45) is 4.94. The smallest absolute Gasteiger partial charge is 0.0378 e. The minimum Gasteiger partial charge on any atom is -0.310 e. The molecular weight excluding hydrogens is 112 g/mol. The van der Waals surface area contributed by atoms with Crippen LogP contribution in [-0.2, 0) is 0 Å². The summed E-state index contributed by atoms with van der Waals surface area (Å²) in [5.74, 6) is 0. The highest BCUT2D eigenvalue weighted by Crippen LogP contribution is 2.13. The molecule has 1 fully saturated rings. The molecule has 52 valence electrons. The summed E-state index contributed by atoms with van der Waals surface area (Å²) >= 11 is 0. The summed E-state index contributed by atoms with van der Waals surface area (Å²) in [7, 11) is 0. The fourth-order valence-electron chi connectivity index (χ4n) is 0.726. The SMILES string of the molecule is CCCNN=C1CCC1. The first-order valence-corrected chi connectivity index (χ1v) is 3.71. The number of hydrogen-bond donors (Lipinski definition) is 1. The predicted octanol–water partition coefficient (Wildman–Crippen LogP) is 1.53. The van der Waals surface area contributed by atoms with Gasteiger partial charge in [0.25, 0.3) is 0 Å². The zero-order valence-electron chi connectivity index (χ0n) is 5.98. The van der Waals surface area contributed by atoms with Gasteiger partial charge < -0.3 is 5.43 Å². The maximum Gasteiger partial charge on any atom is 0.0378 e. The first kappa shape index (κ1) is 6.59. The summed E-state index contributed by atoms with van der Waals surface area (Å²) < 4.78 is 0. The van der Waals surface area contributed by atoms with E-state index in [1.54, 1.807) is 0 Å². The quantitative estimate of drug-likeness (QED) is 0.450. The summed E-state index contributed by atoms with van der Waals surface area (Å²) in [6.45, 7) is 3.16. The Morgan fingerprint density at radius 2 is 2.33 bits per heavy atom. The van der Waals surface area contributed by atoms with E-state index in [2.05, 4.69) is 17.5 Å². The average Bonchev–Trinajstić information content (AvgIpc) is 1.76. The van der Waals surface area contributed by atoms with E-state index in [1.165, 1.54) is 25.0 Å². The Labute approximate surface area is 56.3 Å². The van der Waals surface area contributed by atoms with Crippen LogP contribution < -0.4 is 5.43 Å². The minimum absolute atomic E-state index is 1.02. The molecule has 0 radical (unpaired) electrons. The topological polar surface area (TPSA) is 24.4 Å². The van der Waals surface area contributed by atoms with Crippen LogP contribution in [0.15, 0.2) is 5.10 Å². The molecule has 0 aromatic carbocycles. The van der Waals surface area contributed by atoms with Crippen molar-refractivity contribution in [1.29, 1.82) is 0 Å². The Morgan fingerprint density at radius 1 is 1.56 bits per heavy atom. The second kappa shape index (κ2) is 3.49. The van der Waals surface area contributed by atoms with Crippen LogP contribution in [0.3, 0.4) is 0 Å². The lowest BCUT2D eigenvalue weighted by Gasteiger charge is -2.13. The summed E-state index contributed by atoms with van der Waals surface area (Å²) in [5.41, 5.74) is 4.38. The number of hydrazone groups is 1. The molecule has 0 aromatic rings. The van der Waals surface area contributed by atoms with Crippen molar-refractivity contribution in [2.45, 2.75) is 32.6 Å². The first-order chi connectivity index (χ1) is 4.43. The highest BCUT2D eigenvalue weighted by molar-refractivity contribution is 5.88. The number of rotatable bonds is 3. The molecule has 1 N–H and O–H groups in total. The van der Waals surface area contributed by atoms with E-state index in [4.69, 9.17) is 0 Å². The summed E-state index contributed by atoms with van der Waals surface area (Å²) in [4.78, 5) is 0. The third-order valence-electron chi connectivity index (χ3n) is 1.53. The van der Waals surface area contributed by atoms with Crippen LogP contribution in [-0.4, -0.2) is 12.3 Å². The molecule has 0 amide bonds. The van der Waals surface area contributed by atoms with Gasteiger partial charge in [0.2, 0.25) is 0 Å². The van der Waals surface area contributed by atoms with Crippen molar-refractivity contribution >= 4 is 5.71 Å². The molecule has 1 saturated carbocycles. The zero-order valence-corrected chi connectivity index (χ0v) is 5.98. The Hall–Kier alpha value is -0.530. The van der Waals surface area contributed by atoms with Gasteiger partial charge in [-0.3, -0.25) is 0 Å². The van der Waals surface area contributed by atoms with Crippen molar-refractivity contribution in [3.63, 3.8) is 0 Å². The van der Waals surface area contributed by atoms with Gasteiger partial charge in [-0.15, -0.1) is 0 Å². The van der Waals surface area contributed by atoms with E-state index in [0.717, 1.165) is 13.0 Å². The molecule has 0 aliphatic heterocycles. The van der Waals surface area contributed by atoms with Gasteiger partial charge in [-0.25, -0.2) is 0 Å². The van der Waals surface area contributed by atoms with E-state index in [0.29, 0.717) is 0 Å². The zero-order chi connectivity index (χ0) is 6.53. The van der Waals surface area contributed by atoms with Crippen LogP contribution in [0.1, 0.15) is 32.6 Å². The van der Waals surface area contributed by atoms with Crippen LogP contribution in [0.5, 0.6) is 0 Å². The number of hydrogen-bond acceptors (Lipinski definition) is 2. The second-order valence-electron chi connectivity index (χ2n) is 2.44. The molecule has 0 heterocycles. The molecule has 0 atom stereocenters. The molecule has 2 nitrogen and oxygen atoms in total. The molecule has 1 rings (SSSR count). The first-order valence-electron chi connectivity index (χ1n) is 3.71. The monoisotopic (exact) mass is 126 g/mol. The predicted molar refractivity (Wildman–Crippen MR) is 39.6 cm³/mol. The van der Waals surface area contributed by atoms with Crippen molar-refractivity contribution < 1.29 is 0 Å². The van der Waals surface area contributed by atoms with Crippen molar-refractivity contribution in [3.8, 4) is 0 Å². The van der Waals surface area contributed by atoms with Crippen LogP contribution in [0.25, 0.3) is 0 Å². The molecule has 0 unspecified atom stereocenters. The normalized spacial score (nSPS) is 16.8. The van der Waals surface area contributed by atoms with Crippen LogP contribution >= 0.6 is 0 Å². The van der Waals surface area contributed by atoms with Gasteiger partial charge >= 0.3 is 0 Å². The van der Waals surface area contributed by atoms with Crippen molar-refractivity contribution in [3.05, 3.63) is 0 Å². The van der Waals surface area contributed by atoms with Gasteiger partial charge in [0.1, 0.15) is 0 Å². The highest BCUT2D eigenvalue weighted by atomic mass is 15.3. The Balaban J connectivity index is 2.01. The summed E-state index contributed by atoms with van der Waals surface area (Å²) in [6, 6.07) is 0. The third kappa shape index (κ3) is 2.04. The standard InChI is InChI=1S/C7H14N2/c1-2-6-8-9-7-4-3-5-7/h8H,2-6H2,1H3. The molecule has 1 aliphatic carbocycles. The Kier molecular flexibility index (Phi) is 2.55. The Bertz CT molecular complexity index is 101. The van der Waals surface area contributed by atoms with Gasteiger partial charge in [0.05, 0.1) is 0 Å². The lowest BCUT2D eigenvalue weighted by molar-refractivity contribution is 0.686. The van der Waals surface area contributed by atoms with Crippen LogP contribution in [0.2, 0.25) is 0 Å². The fourth-order valence-corrected chi connectivity index (χ4v) is 0.726. The van der Waals surface area contributed by atoms with Crippen molar-refractivity contribution in [1.82, 2.24) is 5.43 Å². The maximum absolute atomic E-state index is 4.19. The van der Waals surface area contributed by atoms with Gasteiger partial charge in [0.15, 0.2) is 0 Å². The highest BCUT2D eigenvalue weighted by Gasteiger charge is 2.08. The number of nitrogens with one attached hydrogen (secondary N) is 1. The lowest BCUT2D eigenvalue weighted by Crippen LogP contribution is -2.16. The second-order valence-corrected chi connectivity index (χ2v) is 2.44. The van der Waals surface area contributed by atoms with Crippen molar-refractivity contribution in [2.75, 3.05) is 6.54 Å². The molecule has 0 aromatic heterocycles. The number of nitrogens with zero attached hydrogens (tertiary/aromatic N) is 1. The van der Waals surface area contributed by atoms with E-state index < -0.39 is 0 Å². The molecular formula is C7H14N2. The van der Waals surface area contributed by atoms with Gasteiger partial charge in [-0.1, -0.05) is 6.92 Å². The van der Waals surface area contributed by atoms with Gasteiger partial charge in [-0.05, 0) is 25.7 Å². The van der Waals surface area contributed by atoms with Gasteiger partial charge in [0, 0.05) is 12.3 Å². The van der Waals surface area contributed by atoms with E-state index in [-0.39, 0.29) is 0 Å². The molecule has 0 saturated heterocycles. The van der Waals surface area contributed by atoms with E-state index >= 15 is 0 Å². The van der Waals surface area contributed by atoms with E-state index in [9.17, 15) is 0 Å². The van der Waals surface area contributed by atoms with Crippen LogP contribution in [0, 0.1) is 0 Å². The maximum atomic E-state index is 4.19. The van der Waals surface area contributed by atoms with Crippen molar-refractivity contribution in [2.24, 2.45) is 5.10 Å². The minimum atomic E-state index is 1.02. The summed E-state index contributed by atoms with van der Waals surface area (Å²) in [5, 5.41) is 4.19. The van der Waals surface area contributed by atoms with Gasteiger partial charge in [-0.2, -0.15) is 5.10 Å². The Morgan fingerprint density at radius 3 is 2.78 bits per heavy atom. The molecule has 0 spiro atoms. The molecule has 2 heteroatoms. The van der Waals surface area contributed by atoms with E-state index in [1.807, 2.05) is 0 Å². The third-order valence-corrected chi connectivity index (χ3v) is 1.53. The molecule has 9 heavy (non-hydrogen) atoms.